The highest BCUT2D eigenvalue weighted by atomic mass is 16.3. The number of hydrogen-bond donors (Lipinski definition) is 2. The van der Waals surface area contributed by atoms with Gasteiger partial charge in [0.15, 0.2) is 0 Å². The van der Waals surface area contributed by atoms with Gasteiger partial charge in [-0.25, -0.2) is 0 Å². The number of hydrogen-bond acceptors (Lipinski definition) is 6. The Balaban J connectivity index is 1.69. The van der Waals surface area contributed by atoms with Crippen molar-refractivity contribution in [2.45, 2.75) is 76.3 Å². The molecule has 0 bridgehead atoms. The fourth-order valence-electron chi connectivity index (χ4n) is 7.07. The SMILES string of the molecule is O=c1c2c3c(c4c(=O)n(C5CCCCC5)c(O)c5ccc(c(O)n1C1CCCCC1)c2c54)=NCCN=3. The zero-order valence-electron chi connectivity index (χ0n) is 20.3. The van der Waals surface area contributed by atoms with Crippen LogP contribution in [0.2, 0.25) is 0 Å². The van der Waals surface area contributed by atoms with Gasteiger partial charge >= 0.3 is 0 Å². The maximum atomic E-state index is 14.1. The highest BCUT2D eigenvalue weighted by Gasteiger charge is 2.30. The van der Waals surface area contributed by atoms with Crippen molar-refractivity contribution in [2.75, 3.05) is 13.1 Å². The van der Waals surface area contributed by atoms with E-state index in [0.29, 0.717) is 56.1 Å². The summed E-state index contributed by atoms with van der Waals surface area (Å²) in [5, 5.41) is 26.6. The monoisotopic (exact) mass is 486 g/mol. The van der Waals surface area contributed by atoms with Crippen LogP contribution in [0, 0.1) is 0 Å². The van der Waals surface area contributed by atoms with E-state index in [-0.39, 0.29) is 35.0 Å². The van der Waals surface area contributed by atoms with E-state index in [2.05, 4.69) is 0 Å². The number of pyridine rings is 2. The van der Waals surface area contributed by atoms with Gasteiger partial charge in [0.1, 0.15) is 0 Å². The molecular weight excluding hydrogens is 456 g/mol. The van der Waals surface area contributed by atoms with Crippen molar-refractivity contribution in [3.8, 4) is 11.8 Å². The zero-order chi connectivity index (χ0) is 24.6. The molecule has 2 fully saturated rings. The summed E-state index contributed by atoms with van der Waals surface area (Å²) in [5.41, 5.74) is -0.566. The molecule has 1 aliphatic heterocycles. The van der Waals surface area contributed by atoms with Crippen molar-refractivity contribution in [3.05, 3.63) is 43.6 Å². The predicted molar refractivity (Wildman–Crippen MR) is 138 cm³/mol. The fraction of sp³-hybridized carbons (Fsp3) is 0.500. The lowest BCUT2D eigenvalue weighted by atomic mass is 9.91. The Morgan fingerprint density at radius 1 is 0.611 bits per heavy atom. The molecule has 36 heavy (non-hydrogen) atoms. The van der Waals surface area contributed by atoms with Crippen LogP contribution >= 0.6 is 0 Å². The maximum absolute atomic E-state index is 14.1. The Morgan fingerprint density at radius 3 is 1.39 bits per heavy atom. The molecule has 0 amide bonds. The first-order valence-corrected chi connectivity index (χ1v) is 13.4. The Kier molecular flexibility index (Phi) is 4.88. The number of benzene rings is 2. The smallest absolute Gasteiger partial charge is 0.263 e. The molecule has 0 saturated heterocycles. The first kappa shape index (κ1) is 21.8. The van der Waals surface area contributed by atoms with Crippen LogP contribution < -0.4 is 21.8 Å². The van der Waals surface area contributed by atoms with E-state index < -0.39 is 0 Å². The minimum Gasteiger partial charge on any atom is -0.494 e. The quantitative estimate of drug-likeness (QED) is 0.422. The van der Waals surface area contributed by atoms with E-state index in [9.17, 15) is 19.8 Å². The molecule has 8 heteroatoms. The van der Waals surface area contributed by atoms with Crippen LogP contribution in [0.25, 0.3) is 32.3 Å². The summed E-state index contributed by atoms with van der Waals surface area (Å²) < 4.78 is 3.09. The first-order chi connectivity index (χ1) is 17.6. The predicted octanol–water partition coefficient (Wildman–Crippen LogP) is 3.58. The van der Waals surface area contributed by atoms with Crippen molar-refractivity contribution in [1.82, 2.24) is 9.13 Å². The molecule has 3 aliphatic rings. The van der Waals surface area contributed by atoms with Crippen LogP contribution in [-0.2, 0) is 0 Å². The van der Waals surface area contributed by atoms with Gasteiger partial charge < -0.3 is 10.2 Å². The molecule has 4 aromatic rings. The largest absolute Gasteiger partial charge is 0.494 e. The summed E-state index contributed by atoms with van der Waals surface area (Å²) in [6.45, 7) is 0.897. The second-order valence-electron chi connectivity index (χ2n) is 10.7. The number of rotatable bonds is 2. The van der Waals surface area contributed by atoms with Crippen molar-refractivity contribution in [3.63, 3.8) is 0 Å². The molecule has 2 saturated carbocycles. The van der Waals surface area contributed by atoms with E-state index >= 15 is 0 Å². The molecule has 2 N–H and O–H groups in total. The number of nitrogens with zero attached hydrogens (tertiary/aromatic N) is 4. The third-order valence-corrected chi connectivity index (χ3v) is 8.73. The van der Waals surface area contributed by atoms with E-state index in [1.165, 1.54) is 0 Å². The van der Waals surface area contributed by atoms with Gasteiger partial charge in [0.2, 0.25) is 11.8 Å². The molecule has 2 aromatic heterocycles. The first-order valence-electron chi connectivity index (χ1n) is 13.4. The average molecular weight is 487 g/mol. The maximum Gasteiger partial charge on any atom is 0.263 e. The van der Waals surface area contributed by atoms with Crippen molar-refractivity contribution >= 4 is 32.3 Å². The van der Waals surface area contributed by atoms with E-state index in [4.69, 9.17) is 9.98 Å². The summed E-state index contributed by atoms with van der Waals surface area (Å²) in [6, 6.07) is 3.42. The van der Waals surface area contributed by atoms with Gasteiger partial charge in [-0.05, 0) is 37.8 Å². The van der Waals surface area contributed by atoms with Crippen LogP contribution in [0.3, 0.4) is 0 Å². The summed E-state index contributed by atoms with van der Waals surface area (Å²) in [6.07, 6.45) is 9.74. The van der Waals surface area contributed by atoms with Crippen LogP contribution in [0.5, 0.6) is 11.8 Å². The highest BCUT2D eigenvalue weighted by Crippen LogP contribution is 2.41. The minimum atomic E-state index is -0.283. The summed E-state index contributed by atoms with van der Waals surface area (Å²) in [7, 11) is 0. The third kappa shape index (κ3) is 2.87. The van der Waals surface area contributed by atoms with Crippen molar-refractivity contribution < 1.29 is 10.2 Å². The molecule has 3 heterocycles. The Hall–Kier alpha value is -3.42. The van der Waals surface area contributed by atoms with Crippen LogP contribution in [0.15, 0.2) is 31.7 Å². The van der Waals surface area contributed by atoms with E-state index in [1.54, 1.807) is 21.3 Å². The van der Waals surface area contributed by atoms with Crippen molar-refractivity contribution in [2.24, 2.45) is 9.98 Å². The average Bonchev–Trinajstić information content (AvgIpc) is 2.91. The molecule has 0 radical (unpaired) electrons. The molecular formula is C28H30N4O4. The Labute approximate surface area is 206 Å². The van der Waals surface area contributed by atoms with E-state index in [1.807, 2.05) is 0 Å². The normalized spacial score (nSPS) is 19.6. The number of aromatic hydroxyl groups is 2. The number of aromatic nitrogens is 2. The van der Waals surface area contributed by atoms with Gasteiger partial charge in [-0.3, -0.25) is 28.7 Å². The molecule has 2 aliphatic carbocycles. The molecule has 0 unspecified atom stereocenters. The van der Waals surface area contributed by atoms with Gasteiger partial charge in [0, 0.05) is 33.6 Å². The lowest BCUT2D eigenvalue weighted by Crippen LogP contribution is -2.41. The lowest BCUT2D eigenvalue weighted by molar-refractivity contribution is 0.307. The Bertz CT molecular complexity index is 1640. The zero-order valence-corrected chi connectivity index (χ0v) is 20.3. The molecule has 7 rings (SSSR count). The summed E-state index contributed by atoms with van der Waals surface area (Å²) in [5.74, 6) is -0.127. The van der Waals surface area contributed by atoms with Gasteiger partial charge in [0.05, 0.1) is 34.6 Å². The molecule has 0 atom stereocenters. The fourth-order valence-corrected chi connectivity index (χ4v) is 7.07. The second kappa shape index (κ2) is 8.05. The van der Waals surface area contributed by atoms with E-state index in [0.717, 1.165) is 64.2 Å². The van der Waals surface area contributed by atoms with Crippen LogP contribution in [-0.4, -0.2) is 32.4 Å². The number of fused-ring (bicyclic) bond motifs is 3. The highest BCUT2D eigenvalue weighted by molar-refractivity contribution is 6.24. The minimum absolute atomic E-state index is 0.0637. The summed E-state index contributed by atoms with van der Waals surface area (Å²) >= 11 is 0. The van der Waals surface area contributed by atoms with Gasteiger partial charge in [0.25, 0.3) is 11.1 Å². The molecule has 186 valence electrons. The van der Waals surface area contributed by atoms with Crippen LogP contribution in [0.4, 0.5) is 0 Å². The second-order valence-corrected chi connectivity index (χ2v) is 10.7. The standard InChI is InChI=1S/C28H30N4O4/c33-25-17-11-12-18-20-19(17)21(27(35)31(25)15-7-3-1-4-8-15)23-24(30-14-13-29-23)22(20)28(36)32(26(18)34)16-9-5-2-6-10-16/h11-12,15-16,33-34H,1-10,13-14H2. The third-order valence-electron chi connectivity index (χ3n) is 8.73. The molecule has 0 spiro atoms. The van der Waals surface area contributed by atoms with Crippen LogP contribution in [0.1, 0.15) is 76.3 Å². The molecule has 8 nitrogen and oxygen atoms in total. The summed E-state index contributed by atoms with van der Waals surface area (Å²) in [4.78, 5) is 37.6. The lowest BCUT2D eigenvalue weighted by Gasteiger charge is -2.28. The van der Waals surface area contributed by atoms with Gasteiger partial charge in [-0.1, -0.05) is 38.5 Å². The van der Waals surface area contributed by atoms with Gasteiger partial charge in [-0.2, -0.15) is 0 Å². The van der Waals surface area contributed by atoms with Gasteiger partial charge in [-0.15, -0.1) is 0 Å². The van der Waals surface area contributed by atoms with Crippen molar-refractivity contribution in [1.29, 1.82) is 0 Å². The topological polar surface area (TPSA) is 109 Å². The Morgan fingerprint density at radius 2 is 1.00 bits per heavy atom. The molecule has 2 aromatic carbocycles.